The van der Waals surface area contributed by atoms with Crippen molar-refractivity contribution in [1.29, 1.82) is 0 Å². The van der Waals surface area contributed by atoms with Crippen LogP contribution in [0.5, 0.6) is 0 Å². The molecule has 2 rings (SSSR count). The highest BCUT2D eigenvalue weighted by Crippen LogP contribution is 2.40. The summed E-state index contributed by atoms with van der Waals surface area (Å²) in [6, 6.07) is 0. The van der Waals surface area contributed by atoms with Crippen LogP contribution in [0.4, 0.5) is 0 Å². The lowest BCUT2D eigenvalue weighted by atomic mass is 9.68. The Kier molecular flexibility index (Phi) is 4.82. The Morgan fingerprint density at radius 1 is 1.48 bits per heavy atom. The van der Waals surface area contributed by atoms with Crippen LogP contribution in [0.3, 0.4) is 0 Å². The van der Waals surface area contributed by atoms with E-state index in [-0.39, 0.29) is 30.7 Å². The molecule has 1 saturated carbocycles. The first kappa shape index (κ1) is 15.8. The molecule has 1 atom stereocenters. The van der Waals surface area contributed by atoms with Crippen molar-refractivity contribution < 1.29 is 24.2 Å². The fourth-order valence-electron chi connectivity index (χ4n) is 2.84. The zero-order chi connectivity index (χ0) is 15.5. The van der Waals surface area contributed by atoms with Crippen LogP contribution in [-0.2, 0) is 19.1 Å². The molecule has 2 amide bonds. The van der Waals surface area contributed by atoms with E-state index in [4.69, 9.17) is 4.74 Å². The molecule has 0 aromatic heterocycles. The van der Waals surface area contributed by atoms with Crippen molar-refractivity contribution in [2.24, 2.45) is 11.3 Å². The zero-order valence-electron chi connectivity index (χ0n) is 12.3. The van der Waals surface area contributed by atoms with Gasteiger partial charge in [0, 0.05) is 33.2 Å². The number of rotatable bonds is 7. The molecule has 2 N–H and O–H groups in total. The van der Waals surface area contributed by atoms with E-state index >= 15 is 0 Å². The number of nitrogens with zero attached hydrogens (tertiary/aromatic N) is 1. The van der Waals surface area contributed by atoms with E-state index < -0.39 is 11.4 Å². The van der Waals surface area contributed by atoms with Crippen LogP contribution in [0, 0.1) is 11.3 Å². The molecule has 7 heteroatoms. The minimum Gasteiger partial charge on any atom is -0.481 e. The Labute approximate surface area is 123 Å². The lowest BCUT2D eigenvalue weighted by molar-refractivity contribution is -0.154. The Balaban J connectivity index is 1.81. The van der Waals surface area contributed by atoms with Gasteiger partial charge in [-0.15, -0.1) is 0 Å². The number of carbonyl (C=O) groups excluding carboxylic acids is 2. The molecule has 0 aromatic rings. The number of hydrogen-bond donors (Lipinski definition) is 2. The summed E-state index contributed by atoms with van der Waals surface area (Å²) in [5, 5.41) is 11.9. The number of carboxylic acid groups (broad SMARTS) is 1. The van der Waals surface area contributed by atoms with Crippen molar-refractivity contribution in [1.82, 2.24) is 10.2 Å². The van der Waals surface area contributed by atoms with Crippen molar-refractivity contribution in [2.45, 2.75) is 25.7 Å². The number of likely N-dealkylation sites (tertiary alicyclic amines) is 1. The second-order valence-corrected chi connectivity index (χ2v) is 5.89. The number of nitrogens with one attached hydrogen (secondary N) is 1. The third kappa shape index (κ3) is 3.34. The summed E-state index contributed by atoms with van der Waals surface area (Å²) in [5.74, 6) is -1.52. The molecule has 0 spiro atoms. The van der Waals surface area contributed by atoms with E-state index in [1.54, 1.807) is 12.0 Å². The highest BCUT2D eigenvalue weighted by atomic mass is 16.5. The van der Waals surface area contributed by atoms with Crippen LogP contribution < -0.4 is 5.32 Å². The van der Waals surface area contributed by atoms with Gasteiger partial charge in [-0.25, -0.2) is 0 Å². The molecule has 1 aliphatic carbocycles. The molecule has 118 valence electrons. The topological polar surface area (TPSA) is 95.9 Å². The van der Waals surface area contributed by atoms with Crippen LogP contribution in [-0.4, -0.2) is 61.1 Å². The Morgan fingerprint density at radius 2 is 2.19 bits per heavy atom. The van der Waals surface area contributed by atoms with Gasteiger partial charge in [-0.3, -0.25) is 14.4 Å². The van der Waals surface area contributed by atoms with Crippen LogP contribution in [0.15, 0.2) is 0 Å². The average Bonchev–Trinajstić information content (AvgIpc) is 2.76. The lowest BCUT2D eigenvalue weighted by Crippen LogP contribution is -2.48. The van der Waals surface area contributed by atoms with Crippen molar-refractivity contribution in [3.63, 3.8) is 0 Å². The smallest absolute Gasteiger partial charge is 0.311 e. The molecule has 0 aromatic carbocycles. The van der Waals surface area contributed by atoms with E-state index in [1.165, 1.54) is 0 Å². The molecule has 1 aliphatic heterocycles. The summed E-state index contributed by atoms with van der Waals surface area (Å²) in [6.45, 7) is 1.47. The lowest BCUT2D eigenvalue weighted by Gasteiger charge is -2.37. The van der Waals surface area contributed by atoms with Gasteiger partial charge in [0.15, 0.2) is 0 Å². The summed E-state index contributed by atoms with van der Waals surface area (Å²) >= 11 is 0. The number of carboxylic acids is 1. The third-order valence-electron chi connectivity index (χ3n) is 4.52. The first-order chi connectivity index (χ1) is 9.98. The van der Waals surface area contributed by atoms with Gasteiger partial charge < -0.3 is 20.1 Å². The molecule has 2 fully saturated rings. The second-order valence-electron chi connectivity index (χ2n) is 5.89. The Bertz CT molecular complexity index is 433. The van der Waals surface area contributed by atoms with Crippen molar-refractivity contribution in [3.8, 4) is 0 Å². The minimum absolute atomic E-state index is 0.0520. The van der Waals surface area contributed by atoms with E-state index in [1.807, 2.05) is 0 Å². The van der Waals surface area contributed by atoms with E-state index in [0.717, 1.165) is 6.42 Å². The average molecular weight is 298 g/mol. The summed E-state index contributed by atoms with van der Waals surface area (Å²) in [5.41, 5.74) is -0.798. The molecular formula is C14H22N2O5. The summed E-state index contributed by atoms with van der Waals surface area (Å²) in [6.07, 6.45) is 2.28. The van der Waals surface area contributed by atoms with Gasteiger partial charge in [0.1, 0.15) is 0 Å². The molecule has 2 aliphatic rings. The fraction of sp³-hybridized carbons (Fsp3) is 0.786. The van der Waals surface area contributed by atoms with Gasteiger partial charge in [0.25, 0.3) is 0 Å². The van der Waals surface area contributed by atoms with Gasteiger partial charge in [0.05, 0.1) is 17.9 Å². The minimum atomic E-state index is -0.849. The SMILES string of the molecule is COCCN1CC(C(=O)NCC2(C(=O)O)CCC2)CC1=O. The van der Waals surface area contributed by atoms with E-state index in [2.05, 4.69) is 5.32 Å². The molecule has 7 nitrogen and oxygen atoms in total. The fourth-order valence-corrected chi connectivity index (χ4v) is 2.84. The number of aliphatic carboxylic acids is 1. The number of carbonyl (C=O) groups is 3. The van der Waals surface area contributed by atoms with Crippen molar-refractivity contribution in [2.75, 3.05) is 33.4 Å². The normalized spacial score (nSPS) is 23.8. The van der Waals surface area contributed by atoms with E-state index in [0.29, 0.717) is 32.5 Å². The molecule has 0 bridgehead atoms. The van der Waals surface area contributed by atoms with Crippen molar-refractivity contribution in [3.05, 3.63) is 0 Å². The zero-order valence-corrected chi connectivity index (χ0v) is 12.3. The first-order valence-electron chi connectivity index (χ1n) is 7.26. The quantitative estimate of drug-likeness (QED) is 0.681. The van der Waals surface area contributed by atoms with Gasteiger partial charge in [0.2, 0.25) is 11.8 Å². The maximum atomic E-state index is 12.1. The molecule has 21 heavy (non-hydrogen) atoms. The molecule has 1 saturated heterocycles. The van der Waals surface area contributed by atoms with E-state index in [9.17, 15) is 19.5 Å². The van der Waals surface area contributed by atoms with Crippen LogP contribution >= 0.6 is 0 Å². The molecule has 1 heterocycles. The summed E-state index contributed by atoms with van der Waals surface area (Å²) in [4.78, 5) is 36.7. The molecular weight excluding hydrogens is 276 g/mol. The molecule has 1 unspecified atom stereocenters. The predicted molar refractivity (Wildman–Crippen MR) is 73.5 cm³/mol. The molecule has 0 radical (unpaired) electrons. The maximum absolute atomic E-state index is 12.1. The van der Waals surface area contributed by atoms with Crippen molar-refractivity contribution >= 4 is 17.8 Å². The number of methoxy groups -OCH3 is 1. The summed E-state index contributed by atoms with van der Waals surface area (Å²) < 4.78 is 4.93. The van der Waals surface area contributed by atoms with Gasteiger partial charge >= 0.3 is 5.97 Å². The van der Waals surface area contributed by atoms with Crippen LogP contribution in [0.1, 0.15) is 25.7 Å². The summed E-state index contributed by atoms with van der Waals surface area (Å²) in [7, 11) is 1.56. The second kappa shape index (κ2) is 6.43. The number of hydrogen-bond acceptors (Lipinski definition) is 4. The van der Waals surface area contributed by atoms with Gasteiger partial charge in [-0.2, -0.15) is 0 Å². The standard InChI is InChI=1S/C14H22N2O5/c1-21-6-5-16-8-10(7-11(16)17)12(18)15-9-14(13(19)20)3-2-4-14/h10H,2-9H2,1H3,(H,15,18)(H,19,20). The Hall–Kier alpha value is -1.63. The maximum Gasteiger partial charge on any atom is 0.311 e. The Morgan fingerprint density at radius 3 is 2.71 bits per heavy atom. The van der Waals surface area contributed by atoms with Crippen LogP contribution in [0.25, 0.3) is 0 Å². The van der Waals surface area contributed by atoms with Gasteiger partial charge in [-0.1, -0.05) is 6.42 Å². The largest absolute Gasteiger partial charge is 0.481 e. The predicted octanol–water partition coefficient (Wildman–Crippen LogP) is -0.148. The first-order valence-corrected chi connectivity index (χ1v) is 7.26. The highest BCUT2D eigenvalue weighted by molar-refractivity contribution is 5.89. The van der Waals surface area contributed by atoms with Gasteiger partial charge in [-0.05, 0) is 12.8 Å². The number of ether oxygens (including phenoxy) is 1. The number of amides is 2. The third-order valence-corrected chi connectivity index (χ3v) is 4.52. The monoisotopic (exact) mass is 298 g/mol. The highest BCUT2D eigenvalue weighted by Gasteiger charge is 2.45. The van der Waals surface area contributed by atoms with Crippen LogP contribution in [0.2, 0.25) is 0 Å².